The van der Waals surface area contributed by atoms with E-state index in [0.717, 1.165) is 0 Å². The van der Waals surface area contributed by atoms with Crippen molar-refractivity contribution in [3.63, 3.8) is 0 Å². The van der Waals surface area contributed by atoms with E-state index in [-0.39, 0.29) is 6.61 Å². The number of carboxylic acid groups (broad SMARTS) is 1. The molecule has 0 bridgehead atoms. The maximum atomic E-state index is 12.0. The molecule has 1 atom stereocenters. The SMILES string of the molecule is CCOC(=O)c1csc2nc(C)nc(NC(C)C(=O)O)c12. The first-order chi connectivity index (χ1) is 9.93. The molecular weight excluding hydrogens is 294 g/mol. The number of nitrogens with one attached hydrogen (secondary N) is 1. The van der Waals surface area contributed by atoms with Crippen molar-refractivity contribution < 1.29 is 19.4 Å². The molecule has 0 spiro atoms. The van der Waals surface area contributed by atoms with Gasteiger partial charge in [-0.15, -0.1) is 11.3 Å². The van der Waals surface area contributed by atoms with Crippen molar-refractivity contribution in [3.8, 4) is 0 Å². The van der Waals surface area contributed by atoms with Gasteiger partial charge in [-0.05, 0) is 20.8 Å². The Kier molecular flexibility index (Phi) is 4.37. The Balaban J connectivity index is 2.54. The van der Waals surface area contributed by atoms with E-state index in [9.17, 15) is 9.59 Å². The van der Waals surface area contributed by atoms with Crippen LogP contribution >= 0.6 is 11.3 Å². The molecule has 0 radical (unpaired) electrons. The first-order valence-corrected chi connectivity index (χ1v) is 7.24. The molecule has 0 saturated heterocycles. The minimum atomic E-state index is -1.01. The zero-order valence-electron chi connectivity index (χ0n) is 11.8. The second-order valence-corrected chi connectivity index (χ2v) is 5.23. The molecular formula is C13H15N3O4S. The predicted octanol–water partition coefficient (Wildman–Crippen LogP) is 2.06. The number of aryl methyl sites for hydroxylation is 1. The van der Waals surface area contributed by atoms with Crippen molar-refractivity contribution in [2.24, 2.45) is 0 Å². The number of carboxylic acids is 1. The monoisotopic (exact) mass is 309 g/mol. The summed E-state index contributed by atoms with van der Waals surface area (Å²) in [5.41, 5.74) is 0.344. The molecule has 7 nitrogen and oxygen atoms in total. The number of anilines is 1. The zero-order chi connectivity index (χ0) is 15.6. The highest BCUT2D eigenvalue weighted by molar-refractivity contribution is 7.17. The number of ether oxygens (including phenoxy) is 1. The van der Waals surface area contributed by atoms with Gasteiger partial charge in [-0.1, -0.05) is 0 Å². The summed E-state index contributed by atoms with van der Waals surface area (Å²) in [4.78, 5) is 32.0. The molecule has 0 aliphatic carbocycles. The van der Waals surface area contributed by atoms with Gasteiger partial charge in [0.05, 0.1) is 17.6 Å². The lowest BCUT2D eigenvalue weighted by atomic mass is 10.2. The van der Waals surface area contributed by atoms with Crippen molar-refractivity contribution in [2.75, 3.05) is 11.9 Å². The molecule has 0 fully saturated rings. The summed E-state index contributed by atoms with van der Waals surface area (Å²) in [6.07, 6.45) is 0. The zero-order valence-corrected chi connectivity index (χ0v) is 12.7. The molecule has 2 N–H and O–H groups in total. The van der Waals surface area contributed by atoms with Gasteiger partial charge in [0.25, 0.3) is 0 Å². The van der Waals surface area contributed by atoms with E-state index in [1.54, 1.807) is 19.2 Å². The van der Waals surface area contributed by atoms with Crippen molar-refractivity contribution in [1.29, 1.82) is 0 Å². The third kappa shape index (κ3) is 3.10. The van der Waals surface area contributed by atoms with Gasteiger partial charge in [-0.3, -0.25) is 4.79 Å². The highest BCUT2D eigenvalue weighted by Crippen LogP contribution is 2.30. The van der Waals surface area contributed by atoms with Crippen LogP contribution in [0.4, 0.5) is 5.82 Å². The van der Waals surface area contributed by atoms with E-state index < -0.39 is 18.0 Å². The number of aromatic nitrogens is 2. The lowest BCUT2D eigenvalue weighted by molar-refractivity contribution is -0.137. The van der Waals surface area contributed by atoms with E-state index in [1.807, 2.05) is 0 Å². The van der Waals surface area contributed by atoms with E-state index in [2.05, 4.69) is 15.3 Å². The third-order valence-electron chi connectivity index (χ3n) is 2.76. The smallest absolute Gasteiger partial charge is 0.339 e. The number of aliphatic carboxylic acids is 1. The van der Waals surface area contributed by atoms with Gasteiger partial charge < -0.3 is 15.2 Å². The van der Waals surface area contributed by atoms with Crippen LogP contribution in [0.1, 0.15) is 30.0 Å². The predicted molar refractivity (Wildman–Crippen MR) is 78.8 cm³/mol. The molecule has 1 unspecified atom stereocenters. The maximum absolute atomic E-state index is 12.0. The van der Waals surface area contributed by atoms with E-state index >= 15 is 0 Å². The van der Waals surface area contributed by atoms with Crippen molar-refractivity contribution in [1.82, 2.24) is 9.97 Å². The van der Waals surface area contributed by atoms with Crippen LogP contribution in [0.15, 0.2) is 5.38 Å². The fraction of sp³-hybridized carbons (Fsp3) is 0.385. The van der Waals surface area contributed by atoms with Crippen molar-refractivity contribution in [3.05, 3.63) is 16.8 Å². The summed E-state index contributed by atoms with van der Waals surface area (Å²) < 4.78 is 5.00. The molecule has 112 valence electrons. The maximum Gasteiger partial charge on any atom is 0.339 e. The highest BCUT2D eigenvalue weighted by atomic mass is 32.1. The van der Waals surface area contributed by atoms with Gasteiger partial charge >= 0.3 is 11.9 Å². The number of thiophene rings is 1. The van der Waals surface area contributed by atoms with Crippen LogP contribution in [-0.4, -0.2) is 39.7 Å². The molecule has 8 heteroatoms. The van der Waals surface area contributed by atoms with E-state index in [1.165, 1.54) is 18.3 Å². The number of hydrogen-bond donors (Lipinski definition) is 2. The van der Waals surface area contributed by atoms with Gasteiger partial charge in [-0.25, -0.2) is 14.8 Å². The molecule has 2 aromatic heterocycles. The number of esters is 1. The normalized spacial score (nSPS) is 12.1. The standard InChI is InChI=1S/C13H15N3O4S/c1-4-20-13(19)8-5-21-11-9(8)10(15-7(3)16-11)14-6(2)12(17)18/h5-6H,4H2,1-3H3,(H,17,18)(H,14,15,16). The average molecular weight is 309 g/mol. The summed E-state index contributed by atoms with van der Waals surface area (Å²) in [7, 11) is 0. The summed E-state index contributed by atoms with van der Waals surface area (Å²) in [5, 5.41) is 13.9. The number of fused-ring (bicyclic) bond motifs is 1. The minimum absolute atomic E-state index is 0.261. The molecule has 0 aliphatic heterocycles. The summed E-state index contributed by atoms with van der Waals surface area (Å²) in [5.74, 6) is -0.647. The topological polar surface area (TPSA) is 101 Å². The van der Waals surface area contributed by atoms with Gasteiger partial charge in [0, 0.05) is 5.38 Å². The highest BCUT2D eigenvalue weighted by Gasteiger charge is 2.21. The number of carbonyl (C=O) groups excluding carboxylic acids is 1. The van der Waals surface area contributed by atoms with E-state index in [4.69, 9.17) is 9.84 Å². The first kappa shape index (κ1) is 15.2. The second-order valence-electron chi connectivity index (χ2n) is 4.37. The van der Waals surface area contributed by atoms with Crippen molar-refractivity contribution >= 4 is 39.3 Å². The van der Waals surface area contributed by atoms with Gasteiger partial charge in [0.15, 0.2) is 0 Å². The molecule has 0 aromatic carbocycles. The van der Waals surface area contributed by atoms with Crippen LogP contribution in [0.5, 0.6) is 0 Å². The summed E-state index contributed by atoms with van der Waals surface area (Å²) in [6, 6.07) is -0.836. The van der Waals surface area contributed by atoms with Crippen molar-refractivity contribution in [2.45, 2.75) is 26.8 Å². The van der Waals surface area contributed by atoms with E-state index in [0.29, 0.717) is 27.4 Å². The summed E-state index contributed by atoms with van der Waals surface area (Å²) >= 11 is 1.29. The Hall–Kier alpha value is -2.22. The molecule has 0 amide bonds. The lowest BCUT2D eigenvalue weighted by Crippen LogP contribution is -2.26. The quantitative estimate of drug-likeness (QED) is 0.815. The fourth-order valence-electron chi connectivity index (χ4n) is 1.78. The lowest BCUT2D eigenvalue weighted by Gasteiger charge is -2.12. The first-order valence-electron chi connectivity index (χ1n) is 6.36. The Morgan fingerprint density at radius 1 is 1.48 bits per heavy atom. The molecule has 2 heterocycles. The Labute approximate surface area is 125 Å². The van der Waals surface area contributed by atoms with Gasteiger partial charge in [-0.2, -0.15) is 0 Å². The Bertz CT molecular complexity index is 698. The molecule has 2 rings (SSSR count). The third-order valence-corrected chi connectivity index (χ3v) is 3.64. The van der Waals surface area contributed by atoms with Crippen LogP contribution in [-0.2, 0) is 9.53 Å². The number of nitrogens with zero attached hydrogens (tertiary/aromatic N) is 2. The number of hydrogen-bond acceptors (Lipinski definition) is 7. The summed E-state index contributed by atoms with van der Waals surface area (Å²) in [6.45, 7) is 5.19. The Morgan fingerprint density at radius 2 is 2.19 bits per heavy atom. The molecule has 2 aromatic rings. The second kappa shape index (κ2) is 6.04. The molecule has 0 aliphatic rings. The van der Waals surface area contributed by atoms with Crippen LogP contribution in [0.25, 0.3) is 10.2 Å². The van der Waals surface area contributed by atoms with Crippen LogP contribution in [0.3, 0.4) is 0 Å². The average Bonchev–Trinajstić information content (AvgIpc) is 2.82. The van der Waals surface area contributed by atoms with Crippen LogP contribution in [0, 0.1) is 6.92 Å². The van der Waals surface area contributed by atoms with Crippen LogP contribution < -0.4 is 5.32 Å². The molecule has 21 heavy (non-hydrogen) atoms. The van der Waals surface area contributed by atoms with Crippen LogP contribution in [0.2, 0.25) is 0 Å². The van der Waals surface area contributed by atoms with Gasteiger partial charge in [0.2, 0.25) is 0 Å². The largest absolute Gasteiger partial charge is 0.480 e. The Morgan fingerprint density at radius 3 is 2.81 bits per heavy atom. The number of rotatable bonds is 5. The fourth-order valence-corrected chi connectivity index (χ4v) is 2.73. The number of carbonyl (C=O) groups is 2. The molecule has 0 saturated carbocycles. The minimum Gasteiger partial charge on any atom is -0.480 e. The van der Waals surface area contributed by atoms with Gasteiger partial charge in [0.1, 0.15) is 22.5 Å².